The third-order valence-electron chi connectivity index (χ3n) is 14.4. The molecule has 0 radical (unpaired) electrons. The number of allylic oxidation sites excluding steroid dienone is 2. The summed E-state index contributed by atoms with van der Waals surface area (Å²) in [5.41, 5.74) is 0. The van der Waals surface area contributed by atoms with Crippen LogP contribution in [0.15, 0.2) is 12.2 Å². The molecule has 0 amide bonds. The number of carbonyl (C=O) groups is 1. The maximum Gasteiger partial charge on any atom is 0.306 e. The van der Waals surface area contributed by atoms with E-state index in [0.717, 1.165) is 32.1 Å². The Balaban J connectivity index is 2.11. The smallest absolute Gasteiger partial charge is 0.306 e. The van der Waals surface area contributed by atoms with Gasteiger partial charge in [0, 0.05) is 13.0 Å². The SMILES string of the molecule is CCCCCCCCCC/C=C\CCCCCCCCCCCCCCCC(=O)OC(COCCCCCCCCCCCCCCCCCCCCCCC)COC1OC(CO)C(O)C(O)C1O. The van der Waals surface area contributed by atoms with Crippen LogP contribution in [-0.2, 0) is 23.7 Å². The van der Waals surface area contributed by atoms with Crippen LogP contribution in [-0.4, -0.2) is 89.6 Å². The first-order valence-corrected chi connectivity index (χ1v) is 30.3. The maximum absolute atomic E-state index is 12.9. The molecule has 9 heteroatoms. The second kappa shape index (κ2) is 51.8. The summed E-state index contributed by atoms with van der Waals surface area (Å²) in [4.78, 5) is 12.9. The summed E-state index contributed by atoms with van der Waals surface area (Å²) in [6.45, 7) is 4.64. The minimum atomic E-state index is -1.53. The van der Waals surface area contributed by atoms with Crippen LogP contribution in [0.3, 0.4) is 0 Å². The zero-order valence-electron chi connectivity index (χ0n) is 45.6. The van der Waals surface area contributed by atoms with Crippen LogP contribution in [0, 0.1) is 0 Å². The number of aliphatic hydroxyl groups is 4. The van der Waals surface area contributed by atoms with Gasteiger partial charge in [-0.25, -0.2) is 0 Å². The Bertz CT molecular complexity index is 1070. The van der Waals surface area contributed by atoms with E-state index in [4.69, 9.17) is 18.9 Å². The highest BCUT2D eigenvalue weighted by atomic mass is 16.7. The average Bonchev–Trinajstić information content (AvgIpc) is 3.35. The Labute approximate surface area is 426 Å². The third-order valence-corrected chi connectivity index (χ3v) is 14.4. The lowest BCUT2D eigenvalue weighted by atomic mass is 9.99. The van der Waals surface area contributed by atoms with E-state index in [1.807, 2.05) is 0 Å². The first-order valence-electron chi connectivity index (χ1n) is 30.3. The van der Waals surface area contributed by atoms with Gasteiger partial charge < -0.3 is 39.4 Å². The van der Waals surface area contributed by atoms with Crippen molar-refractivity contribution in [2.24, 2.45) is 0 Å². The van der Waals surface area contributed by atoms with Crippen LogP contribution in [0.5, 0.6) is 0 Å². The fraction of sp³-hybridized carbons (Fsp3) is 0.950. The fourth-order valence-corrected chi connectivity index (χ4v) is 9.73. The minimum absolute atomic E-state index is 0.106. The normalized spacial score (nSPS) is 19.0. The number of esters is 1. The average molecular weight is 982 g/mol. The standard InChI is InChI=1S/C60H116O9/c1-3-5-7-9-11-13-15-17-19-21-23-25-26-27-28-29-31-33-35-37-39-41-43-45-47-49-56(62)68-54(53-67-60-59(65)58(64)57(63)55(51-61)69-60)52-66-50-48-46-44-42-40-38-36-34-32-30-24-22-20-18-16-14-12-10-8-6-4-2/h21,23,54-55,57-61,63-65H,3-20,22,24-53H2,1-2H3/b23-21-. The van der Waals surface area contributed by atoms with Crippen LogP contribution >= 0.6 is 0 Å². The van der Waals surface area contributed by atoms with Gasteiger partial charge in [0.05, 0.1) is 19.8 Å². The Morgan fingerprint density at radius 2 is 0.797 bits per heavy atom. The Kier molecular flexibility index (Phi) is 49.5. The Morgan fingerprint density at radius 3 is 1.17 bits per heavy atom. The highest BCUT2D eigenvalue weighted by Crippen LogP contribution is 2.23. The summed E-state index contributed by atoms with van der Waals surface area (Å²) < 4.78 is 23.0. The van der Waals surface area contributed by atoms with E-state index < -0.39 is 43.4 Å². The summed E-state index contributed by atoms with van der Waals surface area (Å²) >= 11 is 0. The molecule has 0 spiro atoms. The summed E-state index contributed by atoms with van der Waals surface area (Å²) in [7, 11) is 0. The van der Waals surface area contributed by atoms with E-state index in [1.165, 1.54) is 250 Å². The van der Waals surface area contributed by atoms with E-state index in [9.17, 15) is 25.2 Å². The van der Waals surface area contributed by atoms with Crippen molar-refractivity contribution in [3.05, 3.63) is 12.2 Å². The predicted octanol–water partition coefficient (Wildman–Crippen LogP) is 15.9. The van der Waals surface area contributed by atoms with Crippen molar-refractivity contribution in [1.29, 1.82) is 0 Å². The van der Waals surface area contributed by atoms with Crippen molar-refractivity contribution in [2.75, 3.05) is 26.4 Å². The molecule has 1 fully saturated rings. The monoisotopic (exact) mass is 981 g/mol. The summed E-state index contributed by atoms with van der Waals surface area (Å²) in [5.74, 6) is -0.305. The molecule has 1 aliphatic heterocycles. The van der Waals surface area contributed by atoms with Crippen molar-refractivity contribution < 1.29 is 44.2 Å². The van der Waals surface area contributed by atoms with Crippen molar-refractivity contribution in [2.45, 2.75) is 340 Å². The number of rotatable bonds is 54. The van der Waals surface area contributed by atoms with Gasteiger partial charge in [0.15, 0.2) is 6.29 Å². The molecule has 0 aromatic heterocycles. The fourth-order valence-electron chi connectivity index (χ4n) is 9.73. The first kappa shape index (κ1) is 65.9. The van der Waals surface area contributed by atoms with E-state index >= 15 is 0 Å². The van der Waals surface area contributed by atoms with Crippen molar-refractivity contribution in [1.82, 2.24) is 0 Å². The molecule has 0 aromatic rings. The lowest BCUT2D eigenvalue weighted by Gasteiger charge is -2.39. The Hall–Kier alpha value is -1.07. The zero-order valence-corrected chi connectivity index (χ0v) is 45.6. The van der Waals surface area contributed by atoms with Crippen molar-refractivity contribution in [3.63, 3.8) is 0 Å². The van der Waals surface area contributed by atoms with Crippen LogP contribution in [0.25, 0.3) is 0 Å². The molecule has 6 atom stereocenters. The lowest BCUT2D eigenvalue weighted by molar-refractivity contribution is -0.305. The van der Waals surface area contributed by atoms with E-state index in [0.29, 0.717) is 13.0 Å². The summed E-state index contributed by atoms with van der Waals surface area (Å²) in [6.07, 6.45) is 55.5. The van der Waals surface area contributed by atoms with Crippen LogP contribution in [0.2, 0.25) is 0 Å². The van der Waals surface area contributed by atoms with Crippen molar-refractivity contribution in [3.8, 4) is 0 Å². The van der Waals surface area contributed by atoms with Crippen LogP contribution in [0.1, 0.15) is 303 Å². The number of unbranched alkanes of at least 4 members (excludes halogenated alkanes) is 41. The number of aliphatic hydroxyl groups excluding tert-OH is 4. The van der Waals surface area contributed by atoms with Crippen molar-refractivity contribution >= 4 is 5.97 Å². The maximum atomic E-state index is 12.9. The molecule has 1 saturated heterocycles. The second-order valence-electron chi connectivity index (χ2n) is 21.2. The van der Waals surface area contributed by atoms with Gasteiger partial charge in [0.25, 0.3) is 0 Å². The van der Waals surface area contributed by atoms with E-state index in [2.05, 4.69) is 26.0 Å². The highest BCUT2D eigenvalue weighted by Gasteiger charge is 2.44. The van der Waals surface area contributed by atoms with Crippen LogP contribution < -0.4 is 0 Å². The molecule has 1 heterocycles. The van der Waals surface area contributed by atoms with Gasteiger partial charge in [-0.05, 0) is 38.5 Å². The van der Waals surface area contributed by atoms with E-state index in [1.54, 1.807) is 0 Å². The molecule has 1 aliphatic rings. The molecular weight excluding hydrogens is 865 g/mol. The summed E-state index contributed by atoms with van der Waals surface area (Å²) in [6, 6.07) is 0. The molecule has 6 unspecified atom stereocenters. The second-order valence-corrected chi connectivity index (χ2v) is 21.2. The lowest BCUT2D eigenvalue weighted by Crippen LogP contribution is -2.59. The molecule has 69 heavy (non-hydrogen) atoms. The molecule has 0 bridgehead atoms. The first-order chi connectivity index (χ1) is 33.9. The highest BCUT2D eigenvalue weighted by molar-refractivity contribution is 5.69. The zero-order chi connectivity index (χ0) is 49.9. The van der Waals surface area contributed by atoms with E-state index in [-0.39, 0.29) is 19.2 Å². The Morgan fingerprint density at radius 1 is 0.449 bits per heavy atom. The number of hydrogen-bond acceptors (Lipinski definition) is 9. The van der Waals surface area contributed by atoms with Gasteiger partial charge in [-0.15, -0.1) is 0 Å². The molecule has 0 aromatic carbocycles. The van der Waals surface area contributed by atoms with Gasteiger partial charge in [-0.2, -0.15) is 0 Å². The van der Waals surface area contributed by atoms with Gasteiger partial charge in [0.2, 0.25) is 0 Å². The summed E-state index contributed by atoms with van der Waals surface area (Å²) in [5, 5.41) is 40.4. The quantitative estimate of drug-likeness (QED) is 0.0267. The largest absolute Gasteiger partial charge is 0.457 e. The van der Waals surface area contributed by atoms with Gasteiger partial charge in [0.1, 0.15) is 30.5 Å². The molecule has 4 N–H and O–H groups in total. The number of ether oxygens (including phenoxy) is 4. The minimum Gasteiger partial charge on any atom is -0.457 e. The topological polar surface area (TPSA) is 135 Å². The van der Waals surface area contributed by atoms with Gasteiger partial charge in [-0.1, -0.05) is 270 Å². The molecule has 1 rings (SSSR count). The molecule has 410 valence electrons. The molecule has 0 aliphatic carbocycles. The van der Waals surface area contributed by atoms with Gasteiger partial charge in [-0.3, -0.25) is 4.79 Å². The molecular formula is C60H116O9. The number of carbonyl (C=O) groups excluding carboxylic acids is 1. The predicted molar refractivity (Wildman–Crippen MR) is 289 cm³/mol. The van der Waals surface area contributed by atoms with Gasteiger partial charge >= 0.3 is 5.97 Å². The third kappa shape index (κ3) is 42.0. The molecule has 9 nitrogen and oxygen atoms in total. The number of hydrogen-bond donors (Lipinski definition) is 4. The molecule has 0 saturated carbocycles. The van der Waals surface area contributed by atoms with Crippen LogP contribution in [0.4, 0.5) is 0 Å².